The predicted octanol–water partition coefficient (Wildman–Crippen LogP) is 1.84. The van der Waals surface area contributed by atoms with Crippen LogP contribution in [0.1, 0.15) is 15.9 Å². The molecule has 1 rings (SSSR count). The van der Waals surface area contributed by atoms with Crippen molar-refractivity contribution in [2.75, 3.05) is 14.2 Å². The zero-order valence-corrected chi connectivity index (χ0v) is 9.59. The second-order valence-corrected chi connectivity index (χ2v) is 3.48. The van der Waals surface area contributed by atoms with Crippen LogP contribution in [0.15, 0.2) is 12.1 Å². The molecule has 0 saturated heterocycles. The van der Waals surface area contributed by atoms with Gasteiger partial charge < -0.3 is 22.4 Å². The zero-order chi connectivity index (χ0) is 13.2. The number of ether oxygens (including phenoxy) is 2. The number of hydrogen-bond acceptors (Lipinski definition) is 3. The maximum absolute atomic E-state index is 12.7. The molecule has 0 saturated carbocycles. The second-order valence-electron chi connectivity index (χ2n) is 3.48. The van der Waals surface area contributed by atoms with E-state index in [-0.39, 0.29) is 16.9 Å². The van der Waals surface area contributed by atoms with Crippen molar-refractivity contribution in [3.63, 3.8) is 0 Å². The van der Waals surface area contributed by atoms with E-state index in [1.54, 1.807) is 0 Å². The number of carbonyl (C=O) groups excluding carboxylic acids is 1. The van der Waals surface area contributed by atoms with E-state index in [0.29, 0.717) is 0 Å². The Morgan fingerprint density at radius 3 is 2.24 bits per heavy atom. The molecule has 7 heteroatoms. The topological polar surface area (TPSA) is 35.5 Å². The van der Waals surface area contributed by atoms with Crippen LogP contribution < -0.4 is 10.2 Å². The van der Waals surface area contributed by atoms with Gasteiger partial charge in [-0.1, -0.05) is 11.6 Å². The lowest BCUT2D eigenvalue weighted by Crippen LogP contribution is -2.36. The lowest BCUT2D eigenvalue weighted by atomic mass is 9.76. The molecule has 0 spiro atoms. The van der Waals surface area contributed by atoms with Gasteiger partial charge in [-0.15, -0.1) is 5.46 Å². The van der Waals surface area contributed by atoms with Crippen LogP contribution in [-0.2, 0) is 4.74 Å². The number of carbonyl (C=O) groups is 1. The van der Waals surface area contributed by atoms with E-state index in [0.717, 1.165) is 13.2 Å². The SMILES string of the molecule is COC(=O)c1cc([B-](F)(F)F)c(C)cc1OC. The first-order valence-electron chi connectivity index (χ1n) is 4.78. The number of benzene rings is 1. The Morgan fingerprint density at radius 2 is 1.82 bits per heavy atom. The predicted molar refractivity (Wildman–Crippen MR) is 57.8 cm³/mol. The third kappa shape index (κ3) is 2.72. The van der Waals surface area contributed by atoms with Gasteiger partial charge in [0.15, 0.2) is 0 Å². The number of hydrogen-bond donors (Lipinski definition) is 0. The molecule has 1 aromatic carbocycles. The number of esters is 1. The van der Waals surface area contributed by atoms with E-state index in [2.05, 4.69) is 4.74 Å². The van der Waals surface area contributed by atoms with Gasteiger partial charge in [0, 0.05) is 0 Å². The molecule has 0 atom stereocenters. The van der Waals surface area contributed by atoms with Crippen molar-refractivity contribution in [3.8, 4) is 5.75 Å². The first-order chi connectivity index (χ1) is 7.81. The third-order valence-corrected chi connectivity index (χ3v) is 2.35. The molecule has 0 bridgehead atoms. The van der Waals surface area contributed by atoms with Crippen LogP contribution in [-0.4, -0.2) is 27.2 Å². The highest BCUT2D eigenvalue weighted by atomic mass is 19.4. The van der Waals surface area contributed by atoms with E-state index in [4.69, 9.17) is 4.74 Å². The van der Waals surface area contributed by atoms with Crippen molar-refractivity contribution in [3.05, 3.63) is 23.3 Å². The summed E-state index contributed by atoms with van der Waals surface area (Å²) in [7, 11) is 2.37. The van der Waals surface area contributed by atoms with Gasteiger partial charge >= 0.3 is 12.9 Å². The number of methoxy groups -OCH3 is 2. The maximum atomic E-state index is 12.7. The van der Waals surface area contributed by atoms with Crippen molar-refractivity contribution in [2.24, 2.45) is 0 Å². The summed E-state index contributed by atoms with van der Waals surface area (Å²) in [6.07, 6.45) is 0. The molecular formula is C10H11BF3O3-. The molecule has 1 aromatic rings. The fraction of sp³-hybridized carbons (Fsp3) is 0.300. The molecule has 0 amide bonds. The quantitative estimate of drug-likeness (QED) is 0.603. The normalized spacial score (nSPS) is 11.2. The summed E-state index contributed by atoms with van der Waals surface area (Å²) in [6, 6.07) is 1.94. The molecular weight excluding hydrogens is 236 g/mol. The summed E-state index contributed by atoms with van der Waals surface area (Å²) in [5, 5.41) is 0. The van der Waals surface area contributed by atoms with Crippen LogP contribution in [0.5, 0.6) is 5.75 Å². The highest BCUT2D eigenvalue weighted by Crippen LogP contribution is 2.23. The molecule has 0 unspecified atom stereocenters. The minimum Gasteiger partial charge on any atom is -0.496 e. The summed E-state index contributed by atoms with van der Waals surface area (Å²) >= 11 is 0. The van der Waals surface area contributed by atoms with Crippen LogP contribution in [0.2, 0.25) is 0 Å². The summed E-state index contributed by atoms with van der Waals surface area (Å²) in [5.74, 6) is -0.790. The van der Waals surface area contributed by atoms with Gasteiger partial charge in [-0.3, -0.25) is 0 Å². The average Bonchev–Trinajstić information content (AvgIpc) is 2.25. The Bertz CT molecular complexity index is 443. The Morgan fingerprint density at radius 1 is 1.24 bits per heavy atom. The smallest absolute Gasteiger partial charge is 0.496 e. The molecule has 0 aliphatic heterocycles. The summed E-state index contributed by atoms with van der Waals surface area (Å²) in [4.78, 5) is 11.3. The summed E-state index contributed by atoms with van der Waals surface area (Å²) in [6.45, 7) is -3.85. The fourth-order valence-corrected chi connectivity index (χ4v) is 1.49. The van der Waals surface area contributed by atoms with Gasteiger partial charge in [0.1, 0.15) is 5.75 Å². The molecule has 3 nitrogen and oxygen atoms in total. The fourth-order valence-electron chi connectivity index (χ4n) is 1.49. The van der Waals surface area contributed by atoms with Crippen molar-refractivity contribution in [1.82, 2.24) is 0 Å². The zero-order valence-electron chi connectivity index (χ0n) is 9.59. The van der Waals surface area contributed by atoms with Crippen LogP contribution >= 0.6 is 0 Å². The number of halogens is 3. The first-order valence-corrected chi connectivity index (χ1v) is 4.78. The Kier molecular flexibility index (Phi) is 3.70. The first kappa shape index (κ1) is 13.4. The minimum absolute atomic E-state index is 0.0157. The monoisotopic (exact) mass is 247 g/mol. The Balaban J connectivity index is 3.43. The van der Waals surface area contributed by atoms with E-state index >= 15 is 0 Å². The van der Waals surface area contributed by atoms with Crippen molar-refractivity contribution >= 4 is 18.4 Å². The minimum atomic E-state index is -5.17. The highest BCUT2D eigenvalue weighted by molar-refractivity contribution is 6.74. The second kappa shape index (κ2) is 4.69. The standard InChI is InChI=1S/C10H11BF3O3/c1-6-4-9(16-2)7(10(15)17-3)5-8(6)11(12,13)14/h4-5H,1-3H3/q-1. The summed E-state index contributed by atoms with van der Waals surface area (Å²) < 4.78 is 47.4. The molecule has 0 radical (unpaired) electrons. The van der Waals surface area contributed by atoms with Crippen molar-refractivity contribution < 1.29 is 27.2 Å². The highest BCUT2D eigenvalue weighted by Gasteiger charge is 2.29. The van der Waals surface area contributed by atoms with Crippen LogP contribution in [0, 0.1) is 6.92 Å². The van der Waals surface area contributed by atoms with E-state index in [1.165, 1.54) is 20.1 Å². The van der Waals surface area contributed by atoms with E-state index in [1.807, 2.05) is 0 Å². The molecule has 0 aliphatic rings. The molecule has 0 heterocycles. The van der Waals surface area contributed by atoms with E-state index < -0.39 is 18.4 Å². The Labute approximate surface area is 96.6 Å². The van der Waals surface area contributed by atoms with Crippen LogP contribution in [0.3, 0.4) is 0 Å². The van der Waals surface area contributed by atoms with Gasteiger partial charge in [-0.25, -0.2) is 4.79 Å². The van der Waals surface area contributed by atoms with Gasteiger partial charge in [0.05, 0.1) is 19.8 Å². The van der Waals surface area contributed by atoms with Crippen molar-refractivity contribution in [1.29, 1.82) is 0 Å². The summed E-state index contributed by atoms with van der Waals surface area (Å²) in [5.41, 5.74) is -1.02. The molecule has 0 aliphatic carbocycles. The number of aryl methyl sites for hydroxylation is 1. The lowest BCUT2D eigenvalue weighted by Gasteiger charge is -2.20. The Hall–Kier alpha value is -1.66. The van der Waals surface area contributed by atoms with Gasteiger partial charge in [-0.05, 0) is 13.0 Å². The third-order valence-electron chi connectivity index (χ3n) is 2.35. The lowest BCUT2D eigenvalue weighted by molar-refractivity contribution is 0.0597. The van der Waals surface area contributed by atoms with Crippen LogP contribution in [0.4, 0.5) is 12.9 Å². The van der Waals surface area contributed by atoms with E-state index in [9.17, 15) is 17.7 Å². The van der Waals surface area contributed by atoms with Crippen LogP contribution in [0.25, 0.3) is 0 Å². The molecule has 94 valence electrons. The average molecular weight is 247 g/mol. The molecule has 17 heavy (non-hydrogen) atoms. The van der Waals surface area contributed by atoms with Gasteiger partial charge in [0.25, 0.3) is 0 Å². The largest absolute Gasteiger partial charge is 0.509 e. The maximum Gasteiger partial charge on any atom is 0.509 e. The van der Waals surface area contributed by atoms with Crippen molar-refractivity contribution in [2.45, 2.75) is 6.92 Å². The molecule has 0 aromatic heterocycles. The van der Waals surface area contributed by atoms with Gasteiger partial charge in [-0.2, -0.15) is 0 Å². The number of rotatable bonds is 3. The molecule has 0 N–H and O–H groups in total. The van der Waals surface area contributed by atoms with Gasteiger partial charge in [0.2, 0.25) is 0 Å². The molecule has 0 fully saturated rings.